The molecule has 4 N–H and O–H groups in total. The van der Waals surface area contributed by atoms with E-state index in [2.05, 4.69) is 42.4 Å². The van der Waals surface area contributed by atoms with Crippen molar-refractivity contribution < 1.29 is 13.9 Å². The zero-order chi connectivity index (χ0) is 29.1. The van der Waals surface area contributed by atoms with Gasteiger partial charge in [-0.25, -0.2) is 19.3 Å². The Morgan fingerprint density at radius 3 is 2.45 bits per heavy atom. The molecular formula is C31H37FN8O2. The summed E-state index contributed by atoms with van der Waals surface area (Å²) in [6.45, 7) is 3.79. The minimum Gasteiger partial charge on any atom is -0.495 e. The molecule has 0 radical (unpaired) electrons. The molecule has 11 heteroatoms. The van der Waals surface area contributed by atoms with Gasteiger partial charge in [0.25, 0.3) is 0 Å². The van der Waals surface area contributed by atoms with Gasteiger partial charge in [0.15, 0.2) is 0 Å². The van der Waals surface area contributed by atoms with Gasteiger partial charge in [0, 0.05) is 55.0 Å². The van der Waals surface area contributed by atoms with E-state index in [1.807, 2.05) is 18.2 Å². The molecule has 2 aromatic heterocycles. The summed E-state index contributed by atoms with van der Waals surface area (Å²) >= 11 is 0. The summed E-state index contributed by atoms with van der Waals surface area (Å²) in [6, 6.07) is 12.8. The van der Waals surface area contributed by atoms with E-state index >= 15 is 4.39 Å². The zero-order valence-corrected chi connectivity index (χ0v) is 24.0. The van der Waals surface area contributed by atoms with E-state index in [-0.39, 0.29) is 11.7 Å². The second-order valence-corrected chi connectivity index (χ2v) is 11.1. The number of piperidine rings is 2. The molecule has 0 amide bonds. The Morgan fingerprint density at radius 2 is 1.69 bits per heavy atom. The number of rotatable bonds is 8. The Labute approximate surface area is 245 Å². The van der Waals surface area contributed by atoms with Gasteiger partial charge >= 0.3 is 0 Å². The molecular weight excluding hydrogens is 535 g/mol. The summed E-state index contributed by atoms with van der Waals surface area (Å²) in [5.41, 5.74) is 7.88. The lowest BCUT2D eigenvalue weighted by atomic mass is 10.0. The molecule has 220 valence electrons. The van der Waals surface area contributed by atoms with Crippen molar-refractivity contribution >= 4 is 33.9 Å². The molecule has 0 saturated carbocycles. The quantitative estimate of drug-likeness (QED) is 0.262. The number of nitrogens with two attached hydrogens (primary N) is 1. The molecule has 2 aliphatic heterocycles. The molecule has 2 aromatic carbocycles. The van der Waals surface area contributed by atoms with Crippen molar-refractivity contribution in [1.82, 2.24) is 19.9 Å². The molecule has 42 heavy (non-hydrogen) atoms. The highest BCUT2D eigenvalue weighted by atomic mass is 19.1. The maximum atomic E-state index is 15.3. The van der Waals surface area contributed by atoms with Gasteiger partial charge in [-0.15, -0.1) is 0 Å². The van der Waals surface area contributed by atoms with E-state index in [4.69, 9.17) is 15.2 Å². The molecule has 0 atom stereocenters. The van der Waals surface area contributed by atoms with Gasteiger partial charge in [0.1, 0.15) is 41.0 Å². The molecule has 10 nitrogen and oxygen atoms in total. The van der Waals surface area contributed by atoms with Crippen molar-refractivity contribution in [2.24, 2.45) is 5.73 Å². The minimum absolute atomic E-state index is 0.238. The highest BCUT2D eigenvalue weighted by Crippen LogP contribution is 2.35. The van der Waals surface area contributed by atoms with Crippen molar-refractivity contribution in [1.29, 1.82) is 0 Å². The predicted molar refractivity (Wildman–Crippen MR) is 164 cm³/mol. The summed E-state index contributed by atoms with van der Waals surface area (Å²) < 4.78 is 27.0. The van der Waals surface area contributed by atoms with Crippen LogP contribution in [0.1, 0.15) is 25.7 Å². The smallest absolute Gasteiger partial charge is 0.150 e. The highest BCUT2D eigenvalue weighted by Gasteiger charge is 2.20. The molecule has 2 aliphatic rings. The number of nitrogens with zero attached hydrogens (tertiary/aromatic N) is 5. The SMILES string of the molecule is COc1cc2ncnc(Nc3ccc(Oc4ccnc(N5CCC(N)CC5)c4)cc3F)c2cc1NC1CCN(C)CC1. The van der Waals surface area contributed by atoms with E-state index in [1.165, 1.54) is 12.4 Å². The van der Waals surface area contributed by atoms with E-state index in [1.54, 1.807) is 31.5 Å². The molecule has 4 aromatic rings. The van der Waals surface area contributed by atoms with Crippen LogP contribution in [0, 0.1) is 5.82 Å². The lowest BCUT2D eigenvalue weighted by molar-refractivity contribution is 0.263. The van der Waals surface area contributed by atoms with E-state index < -0.39 is 5.82 Å². The number of hydrogen-bond acceptors (Lipinski definition) is 10. The first-order chi connectivity index (χ1) is 20.4. The zero-order valence-electron chi connectivity index (χ0n) is 24.0. The van der Waals surface area contributed by atoms with Crippen LogP contribution in [0.25, 0.3) is 10.9 Å². The lowest BCUT2D eigenvalue weighted by Gasteiger charge is -2.31. The standard InChI is InChI=1S/C31H37FN8O2/c1-39-11-8-21(9-12-39)37-28-17-24-27(18-29(28)41-2)35-19-36-31(24)38-26-4-3-22(15-25(26)32)42-23-5-10-34-30(16-23)40-13-6-20(33)7-14-40/h3-5,10,15-21,37H,6-9,11-14,33H2,1-2H3,(H,35,36,38). The molecule has 4 heterocycles. The first kappa shape index (κ1) is 27.9. The lowest BCUT2D eigenvalue weighted by Crippen LogP contribution is -2.40. The number of nitrogens with one attached hydrogen (secondary N) is 2. The van der Waals surface area contributed by atoms with Gasteiger partial charge in [-0.2, -0.15) is 0 Å². The average molecular weight is 573 g/mol. The molecule has 6 rings (SSSR count). The average Bonchev–Trinajstić information content (AvgIpc) is 3.00. The van der Waals surface area contributed by atoms with Gasteiger partial charge in [-0.05, 0) is 70.1 Å². The van der Waals surface area contributed by atoms with E-state index in [0.717, 1.165) is 68.8 Å². The summed E-state index contributed by atoms with van der Waals surface area (Å²) in [7, 11) is 3.79. The maximum absolute atomic E-state index is 15.3. The molecule has 0 aliphatic carbocycles. The Hall–Kier alpha value is -4.22. The van der Waals surface area contributed by atoms with Crippen molar-refractivity contribution in [3.8, 4) is 17.2 Å². The second kappa shape index (κ2) is 12.3. The van der Waals surface area contributed by atoms with Crippen LogP contribution >= 0.6 is 0 Å². The predicted octanol–water partition coefficient (Wildman–Crippen LogP) is 5.14. The van der Waals surface area contributed by atoms with Crippen LogP contribution < -0.4 is 30.7 Å². The van der Waals surface area contributed by atoms with Gasteiger partial charge in [0.05, 0.1) is 24.0 Å². The number of methoxy groups -OCH3 is 1. The number of benzene rings is 2. The summed E-state index contributed by atoms with van der Waals surface area (Å²) in [5.74, 6) is 2.56. The van der Waals surface area contributed by atoms with Crippen molar-refractivity contribution in [3.05, 3.63) is 60.8 Å². The maximum Gasteiger partial charge on any atom is 0.150 e. The summed E-state index contributed by atoms with van der Waals surface area (Å²) in [6.07, 6.45) is 7.11. The van der Waals surface area contributed by atoms with Gasteiger partial charge < -0.3 is 35.6 Å². The van der Waals surface area contributed by atoms with E-state index in [0.29, 0.717) is 34.6 Å². The number of halogens is 1. The molecule has 2 fully saturated rings. The third-order valence-corrected chi connectivity index (χ3v) is 8.04. The van der Waals surface area contributed by atoms with Crippen LogP contribution in [0.2, 0.25) is 0 Å². The van der Waals surface area contributed by atoms with Crippen LogP contribution in [0.5, 0.6) is 17.2 Å². The van der Waals surface area contributed by atoms with Crippen molar-refractivity contribution in [2.75, 3.05) is 55.9 Å². The topological polar surface area (TPSA) is 114 Å². The number of aromatic nitrogens is 3. The van der Waals surface area contributed by atoms with Crippen LogP contribution in [0.3, 0.4) is 0 Å². The first-order valence-corrected chi connectivity index (χ1v) is 14.4. The number of ether oxygens (including phenoxy) is 2. The largest absolute Gasteiger partial charge is 0.495 e. The Balaban J connectivity index is 1.19. The molecule has 0 unspecified atom stereocenters. The fourth-order valence-electron chi connectivity index (χ4n) is 5.53. The number of anilines is 4. The van der Waals surface area contributed by atoms with Crippen molar-refractivity contribution in [3.63, 3.8) is 0 Å². The van der Waals surface area contributed by atoms with Gasteiger partial charge in [-0.3, -0.25) is 0 Å². The van der Waals surface area contributed by atoms with Crippen LogP contribution in [0.15, 0.2) is 55.0 Å². The normalized spacial score (nSPS) is 16.9. The van der Waals surface area contributed by atoms with Gasteiger partial charge in [-0.1, -0.05) is 0 Å². The molecule has 0 spiro atoms. The van der Waals surface area contributed by atoms with E-state index in [9.17, 15) is 0 Å². The fraction of sp³-hybridized carbons (Fsp3) is 0.387. The van der Waals surface area contributed by atoms with Crippen LogP contribution in [-0.2, 0) is 0 Å². The third kappa shape index (κ3) is 6.32. The minimum atomic E-state index is -0.461. The number of fused-ring (bicyclic) bond motifs is 1. The molecule has 0 bridgehead atoms. The Kier molecular flexibility index (Phi) is 8.20. The summed E-state index contributed by atoms with van der Waals surface area (Å²) in [5, 5.41) is 7.55. The monoisotopic (exact) mass is 572 g/mol. The summed E-state index contributed by atoms with van der Waals surface area (Å²) in [4.78, 5) is 17.9. The van der Waals surface area contributed by atoms with Crippen LogP contribution in [-0.4, -0.2) is 72.3 Å². The number of likely N-dealkylation sites (tertiary alicyclic amines) is 1. The fourth-order valence-corrected chi connectivity index (χ4v) is 5.53. The Bertz CT molecular complexity index is 1540. The van der Waals surface area contributed by atoms with Crippen LogP contribution in [0.4, 0.5) is 27.4 Å². The number of pyridine rings is 1. The highest BCUT2D eigenvalue weighted by molar-refractivity contribution is 5.95. The number of hydrogen-bond donors (Lipinski definition) is 3. The van der Waals surface area contributed by atoms with Gasteiger partial charge in [0.2, 0.25) is 0 Å². The third-order valence-electron chi connectivity index (χ3n) is 8.04. The first-order valence-electron chi connectivity index (χ1n) is 14.4. The Morgan fingerprint density at radius 1 is 0.905 bits per heavy atom. The second-order valence-electron chi connectivity index (χ2n) is 11.1. The molecule has 2 saturated heterocycles. The van der Waals surface area contributed by atoms with Crippen molar-refractivity contribution in [2.45, 2.75) is 37.8 Å².